The third-order valence-corrected chi connectivity index (χ3v) is 3.52. The summed E-state index contributed by atoms with van der Waals surface area (Å²) < 4.78 is 10.8. The molecule has 2 aromatic rings. The van der Waals surface area contributed by atoms with Gasteiger partial charge in [0.15, 0.2) is 0 Å². The molecule has 1 aromatic carbocycles. The van der Waals surface area contributed by atoms with Gasteiger partial charge in [0.2, 0.25) is 0 Å². The number of furan rings is 1. The highest BCUT2D eigenvalue weighted by atomic mass is 35.5. The van der Waals surface area contributed by atoms with E-state index in [-0.39, 0.29) is 6.04 Å². The Hall–Kier alpha value is -1.45. The molecular formula is C15H18ClNO2. The zero-order valence-electron chi connectivity index (χ0n) is 11.4. The summed E-state index contributed by atoms with van der Waals surface area (Å²) in [5.74, 6) is 1.68. The summed E-state index contributed by atoms with van der Waals surface area (Å²) in [6.07, 6.45) is 2.59. The van der Waals surface area contributed by atoms with Crippen LogP contribution in [-0.4, -0.2) is 14.2 Å². The molecule has 0 amide bonds. The van der Waals surface area contributed by atoms with Crippen molar-refractivity contribution >= 4 is 11.6 Å². The molecule has 0 spiro atoms. The van der Waals surface area contributed by atoms with Crippen molar-refractivity contribution in [3.8, 4) is 5.75 Å². The number of aryl methyl sites for hydroxylation is 1. The molecule has 102 valence electrons. The summed E-state index contributed by atoms with van der Waals surface area (Å²) in [5, 5.41) is 3.92. The summed E-state index contributed by atoms with van der Waals surface area (Å²) in [4.78, 5) is 0. The molecule has 1 aromatic heterocycles. The van der Waals surface area contributed by atoms with Gasteiger partial charge in [0.25, 0.3) is 0 Å². The Morgan fingerprint density at radius 3 is 2.79 bits per heavy atom. The molecule has 1 unspecified atom stereocenters. The third-order valence-electron chi connectivity index (χ3n) is 3.21. The van der Waals surface area contributed by atoms with Crippen LogP contribution in [0.3, 0.4) is 0 Å². The lowest BCUT2D eigenvalue weighted by molar-refractivity contribution is 0.414. The molecule has 2 rings (SSSR count). The molecule has 0 aliphatic rings. The number of benzene rings is 1. The van der Waals surface area contributed by atoms with Crippen LogP contribution in [0.4, 0.5) is 0 Å². The molecule has 0 aliphatic heterocycles. The van der Waals surface area contributed by atoms with Crippen LogP contribution in [-0.2, 0) is 6.42 Å². The molecular weight excluding hydrogens is 262 g/mol. The van der Waals surface area contributed by atoms with Gasteiger partial charge in [-0.25, -0.2) is 0 Å². The van der Waals surface area contributed by atoms with Crippen LogP contribution in [0, 0.1) is 0 Å². The third kappa shape index (κ3) is 2.77. The molecule has 1 heterocycles. The number of nitrogens with one attached hydrogen (secondary N) is 1. The van der Waals surface area contributed by atoms with E-state index in [4.69, 9.17) is 20.8 Å². The highest BCUT2D eigenvalue weighted by Gasteiger charge is 2.18. The maximum atomic E-state index is 6.06. The van der Waals surface area contributed by atoms with E-state index in [1.807, 2.05) is 31.3 Å². The van der Waals surface area contributed by atoms with E-state index in [9.17, 15) is 0 Å². The lowest BCUT2D eigenvalue weighted by atomic mass is 9.98. The quantitative estimate of drug-likeness (QED) is 0.904. The first-order chi connectivity index (χ1) is 9.21. The predicted octanol–water partition coefficient (Wildman–Crippen LogP) is 3.81. The molecule has 0 saturated carbocycles. The monoisotopic (exact) mass is 279 g/mol. The first-order valence-corrected chi connectivity index (χ1v) is 6.66. The average molecular weight is 280 g/mol. The molecule has 1 N–H and O–H groups in total. The highest BCUT2D eigenvalue weighted by Crippen LogP contribution is 2.32. The maximum Gasteiger partial charge on any atom is 0.137 e. The number of halogens is 1. The molecule has 1 atom stereocenters. The Bertz CT molecular complexity index is 551. The van der Waals surface area contributed by atoms with Gasteiger partial charge in [-0.3, -0.25) is 0 Å². The summed E-state index contributed by atoms with van der Waals surface area (Å²) >= 11 is 6.06. The number of hydrogen-bond acceptors (Lipinski definition) is 3. The van der Waals surface area contributed by atoms with Crippen LogP contribution in [0.2, 0.25) is 5.02 Å². The van der Waals surface area contributed by atoms with Gasteiger partial charge in [0.05, 0.1) is 24.4 Å². The smallest absolute Gasteiger partial charge is 0.137 e. The second-order valence-electron chi connectivity index (χ2n) is 4.27. The van der Waals surface area contributed by atoms with Crippen molar-refractivity contribution in [1.29, 1.82) is 0 Å². The zero-order chi connectivity index (χ0) is 13.8. The van der Waals surface area contributed by atoms with E-state index >= 15 is 0 Å². The van der Waals surface area contributed by atoms with Crippen LogP contribution in [0.5, 0.6) is 5.75 Å². The zero-order valence-corrected chi connectivity index (χ0v) is 12.1. The fourth-order valence-electron chi connectivity index (χ4n) is 2.25. The molecule has 0 fully saturated rings. The van der Waals surface area contributed by atoms with Crippen LogP contribution in [0.25, 0.3) is 0 Å². The lowest BCUT2D eigenvalue weighted by Crippen LogP contribution is -2.18. The summed E-state index contributed by atoms with van der Waals surface area (Å²) in [6.45, 7) is 2.08. The van der Waals surface area contributed by atoms with E-state index in [1.54, 1.807) is 13.4 Å². The second-order valence-corrected chi connectivity index (χ2v) is 4.68. The van der Waals surface area contributed by atoms with Crippen LogP contribution in [0.15, 0.2) is 34.9 Å². The first-order valence-electron chi connectivity index (χ1n) is 6.28. The Morgan fingerprint density at radius 1 is 1.37 bits per heavy atom. The van der Waals surface area contributed by atoms with E-state index in [0.29, 0.717) is 10.8 Å². The molecule has 0 radical (unpaired) electrons. The SMILES string of the molecule is CCc1occc1C(NC)c1ccc(Cl)c(OC)c1. The number of methoxy groups -OCH3 is 1. The summed E-state index contributed by atoms with van der Waals surface area (Å²) in [6, 6.07) is 7.88. The topological polar surface area (TPSA) is 34.4 Å². The highest BCUT2D eigenvalue weighted by molar-refractivity contribution is 6.32. The molecule has 19 heavy (non-hydrogen) atoms. The minimum absolute atomic E-state index is 0.0693. The van der Waals surface area contributed by atoms with Gasteiger partial charge in [-0.05, 0) is 30.8 Å². The van der Waals surface area contributed by atoms with Crippen LogP contribution < -0.4 is 10.1 Å². The van der Waals surface area contributed by atoms with Crippen LogP contribution >= 0.6 is 11.6 Å². The van der Waals surface area contributed by atoms with Crippen molar-refractivity contribution in [3.05, 3.63) is 52.4 Å². The van der Waals surface area contributed by atoms with Gasteiger partial charge >= 0.3 is 0 Å². The maximum absolute atomic E-state index is 6.06. The fourth-order valence-corrected chi connectivity index (χ4v) is 2.45. The first kappa shape index (κ1) is 14.0. The minimum atomic E-state index is 0.0693. The Labute approximate surface area is 118 Å². The lowest BCUT2D eigenvalue weighted by Gasteiger charge is -2.18. The van der Waals surface area contributed by atoms with Crippen molar-refractivity contribution in [1.82, 2.24) is 5.32 Å². The van der Waals surface area contributed by atoms with E-state index < -0.39 is 0 Å². The Kier molecular flexibility index (Phi) is 4.51. The van der Waals surface area contributed by atoms with Gasteiger partial charge in [0.1, 0.15) is 11.5 Å². The standard InChI is InChI=1S/C15H18ClNO2/c1-4-13-11(7-8-19-13)15(17-2)10-5-6-12(16)14(9-10)18-3/h5-9,15,17H,4H2,1-3H3. The van der Waals surface area contributed by atoms with Crippen molar-refractivity contribution in [2.75, 3.05) is 14.2 Å². The summed E-state index contributed by atoms with van der Waals surface area (Å²) in [5.41, 5.74) is 2.24. The Morgan fingerprint density at radius 2 is 2.16 bits per heavy atom. The molecule has 4 heteroatoms. The van der Waals surface area contributed by atoms with Crippen molar-refractivity contribution in [2.24, 2.45) is 0 Å². The van der Waals surface area contributed by atoms with E-state index in [1.165, 1.54) is 0 Å². The minimum Gasteiger partial charge on any atom is -0.495 e. The van der Waals surface area contributed by atoms with Gasteiger partial charge in [-0.1, -0.05) is 24.6 Å². The predicted molar refractivity (Wildman–Crippen MR) is 77.0 cm³/mol. The second kappa shape index (κ2) is 6.13. The van der Waals surface area contributed by atoms with Gasteiger partial charge in [-0.2, -0.15) is 0 Å². The van der Waals surface area contributed by atoms with Gasteiger partial charge in [-0.15, -0.1) is 0 Å². The molecule has 0 bridgehead atoms. The molecule has 0 saturated heterocycles. The normalized spacial score (nSPS) is 12.4. The number of rotatable bonds is 5. The van der Waals surface area contributed by atoms with Gasteiger partial charge < -0.3 is 14.5 Å². The van der Waals surface area contributed by atoms with Crippen LogP contribution in [0.1, 0.15) is 29.9 Å². The largest absolute Gasteiger partial charge is 0.495 e. The van der Waals surface area contributed by atoms with E-state index in [2.05, 4.69) is 12.2 Å². The van der Waals surface area contributed by atoms with Gasteiger partial charge in [0, 0.05) is 12.0 Å². The van der Waals surface area contributed by atoms with Crippen molar-refractivity contribution in [2.45, 2.75) is 19.4 Å². The average Bonchev–Trinajstić information content (AvgIpc) is 2.89. The number of ether oxygens (including phenoxy) is 1. The Balaban J connectivity index is 2.42. The van der Waals surface area contributed by atoms with Crippen molar-refractivity contribution in [3.63, 3.8) is 0 Å². The summed E-state index contributed by atoms with van der Waals surface area (Å²) in [7, 11) is 3.55. The molecule has 0 aliphatic carbocycles. The van der Waals surface area contributed by atoms with Crippen molar-refractivity contribution < 1.29 is 9.15 Å². The molecule has 3 nitrogen and oxygen atoms in total. The number of hydrogen-bond donors (Lipinski definition) is 1. The fraction of sp³-hybridized carbons (Fsp3) is 0.333. The van der Waals surface area contributed by atoms with E-state index in [0.717, 1.165) is 23.3 Å².